The second-order valence-corrected chi connectivity index (χ2v) is 4.15. The number of aromatic nitrogens is 3. The molecule has 2 aromatic heterocycles. The van der Waals surface area contributed by atoms with Crippen LogP contribution in [0.15, 0.2) is 30.9 Å². The third-order valence-electron chi connectivity index (χ3n) is 3.15. The number of hydrogen-bond acceptors (Lipinski definition) is 3. The lowest BCUT2D eigenvalue weighted by atomic mass is 9.94. The molecule has 1 unspecified atom stereocenters. The van der Waals surface area contributed by atoms with E-state index in [4.69, 9.17) is 5.73 Å². The Morgan fingerprint density at radius 2 is 2.31 bits per heavy atom. The van der Waals surface area contributed by atoms with Crippen molar-refractivity contribution in [1.82, 2.24) is 14.5 Å². The molecule has 3 rings (SSSR count). The van der Waals surface area contributed by atoms with Crippen LogP contribution in [-0.4, -0.2) is 14.5 Å². The van der Waals surface area contributed by atoms with Gasteiger partial charge in [0.1, 0.15) is 0 Å². The van der Waals surface area contributed by atoms with Crippen molar-refractivity contribution in [2.45, 2.75) is 25.3 Å². The molecule has 2 aromatic rings. The minimum Gasteiger partial charge on any atom is -0.324 e. The topological polar surface area (TPSA) is 56.7 Å². The summed E-state index contributed by atoms with van der Waals surface area (Å²) in [6, 6.07) is 2.29. The molecule has 0 bridgehead atoms. The van der Waals surface area contributed by atoms with E-state index in [0.29, 0.717) is 0 Å². The first kappa shape index (κ1) is 9.54. The molecule has 1 aliphatic rings. The first-order valence-corrected chi connectivity index (χ1v) is 5.58. The highest BCUT2D eigenvalue weighted by Crippen LogP contribution is 2.29. The number of rotatable bonds is 1. The molecule has 0 aliphatic heterocycles. The predicted molar refractivity (Wildman–Crippen MR) is 61.2 cm³/mol. The van der Waals surface area contributed by atoms with E-state index in [9.17, 15) is 0 Å². The summed E-state index contributed by atoms with van der Waals surface area (Å²) >= 11 is 0. The van der Waals surface area contributed by atoms with Crippen LogP contribution in [0.4, 0.5) is 0 Å². The van der Waals surface area contributed by atoms with Crippen molar-refractivity contribution >= 4 is 0 Å². The molecule has 16 heavy (non-hydrogen) atoms. The van der Waals surface area contributed by atoms with Crippen LogP contribution in [0.1, 0.15) is 30.1 Å². The average molecular weight is 214 g/mol. The lowest BCUT2D eigenvalue weighted by Gasteiger charge is -2.20. The SMILES string of the molecule is NC1CCCc2c1ccn2-c1cnccn1. The minimum absolute atomic E-state index is 0.182. The highest BCUT2D eigenvalue weighted by atomic mass is 15.1. The van der Waals surface area contributed by atoms with Crippen LogP contribution in [-0.2, 0) is 6.42 Å². The van der Waals surface area contributed by atoms with Crippen LogP contribution in [0.5, 0.6) is 0 Å². The van der Waals surface area contributed by atoms with Crippen molar-refractivity contribution in [3.8, 4) is 5.82 Å². The monoisotopic (exact) mass is 214 g/mol. The van der Waals surface area contributed by atoms with Crippen LogP contribution >= 0.6 is 0 Å². The minimum atomic E-state index is 0.182. The molecule has 4 nitrogen and oxygen atoms in total. The molecule has 0 aromatic carbocycles. The summed E-state index contributed by atoms with van der Waals surface area (Å²) in [5.41, 5.74) is 8.64. The van der Waals surface area contributed by atoms with E-state index in [1.165, 1.54) is 11.3 Å². The Hall–Kier alpha value is -1.68. The quantitative estimate of drug-likeness (QED) is 0.784. The van der Waals surface area contributed by atoms with Gasteiger partial charge in [-0.15, -0.1) is 0 Å². The fraction of sp³-hybridized carbons (Fsp3) is 0.333. The van der Waals surface area contributed by atoms with Crippen molar-refractivity contribution in [2.75, 3.05) is 0 Å². The zero-order valence-electron chi connectivity index (χ0n) is 9.00. The van der Waals surface area contributed by atoms with Crippen LogP contribution in [0.2, 0.25) is 0 Å². The molecular weight excluding hydrogens is 200 g/mol. The zero-order valence-corrected chi connectivity index (χ0v) is 9.00. The largest absolute Gasteiger partial charge is 0.324 e. The molecule has 4 heteroatoms. The van der Waals surface area contributed by atoms with Gasteiger partial charge in [-0.05, 0) is 30.9 Å². The standard InChI is InChI=1S/C12H14N4/c13-10-2-1-3-11-9(10)4-7-16(11)12-8-14-5-6-15-12/h4-8,10H,1-3,13H2. The van der Waals surface area contributed by atoms with Gasteiger partial charge in [-0.3, -0.25) is 4.98 Å². The van der Waals surface area contributed by atoms with Gasteiger partial charge in [-0.2, -0.15) is 0 Å². The Morgan fingerprint density at radius 1 is 1.38 bits per heavy atom. The molecule has 0 amide bonds. The molecule has 2 heterocycles. The van der Waals surface area contributed by atoms with Crippen LogP contribution in [0.3, 0.4) is 0 Å². The van der Waals surface area contributed by atoms with Crippen LogP contribution in [0, 0.1) is 0 Å². The summed E-state index contributed by atoms with van der Waals surface area (Å²) in [6.45, 7) is 0. The molecule has 82 valence electrons. The Balaban J connectivity index is 2.10. The maximum Gasteiger partial charge on any atom is 0.155 e. The van der Waals surface area contributed by atoms with E-state index in [1.54, 1.807) is 18.6 Å². The van der Waals surface area contributed by atoms with E-state index >= 15 is 0 Å². The van der Waals surface area contributed by atoms with Gasteiger partial charge < -0.3 is 10.3 Å². The average Bonchev–Trinajstić information content (AvgIpc) is 2.75. The summed E-state index contributed by atoms with van der Waals surface area (Å²) in [7, 11) is 0. The third kappa shape index (κ3) is 1.42. The normalized spacial score (nSPS) is 19.4. The Morgan fingerprint density at radius 3 is 3.12 bits per heavy atom. The molecule has 1 atom stereocenters. The molecule has 0 saturated heterocycles. The van der Waals surface area contributed by atoms with E-state index in [1.807, 2.05) is 6.20 Å². The van der Waals surface area contributed by atoms with Gasteiger partial charge in [0, 0.05) is 30.3 Å². The fourth-order valence-electron chi connectivity index (χ4n) is 2.36. The van der Waals surface area contributed by atoms with Gasteiger partial charge in [0.05, 0.1) is 6.20 Å². The molecule has 2 N–H and O–H groups in total. The van der Waals surface area contributed by atoms with E-state index < -0.39 is 0 Å². The van der Waals surface area contributed by atoms with E-state index in [2.05, 4.69) is 20.6 Å². The predicted octanol–water partition coefficient (Wildman–Crippen LogP) is 1.60. The highest BCUT2D eigenvalue weighted by molar-refractivity contribution is 5.35. The summed E-state index contributed by atoms with van der Waals surface area (Å²) in [5, 5.41) is 0. The van der Waals surface area contributed by atoms with E-state index in [-0.39, 0.29) is 6.04 Å². The van der Waals surface area contributed by atoms with Crippen molar-refractivity contribution < 1.29 is 0 Å². The Kier molecular flexibility index (Phi) is 2.22. The molecule has 0 saturated carbocycles. The van der Waals surface area contributed by atoms with Crippen molar-refractivity contribution in [3.63, 3.8) is 0 Å². The molecule has 0 spiro atoms. The number of nitrogens with zero attached hydrogens (tertiary/aromatic N) is 3. The maximum atomic E-state index is 6.09. The van der Waals surface area contributed by atoms with Gasteiger partial charge in [-0.25, -0.2) is 4.98 Å². The fourth-order valence-corrected chi connectivity index (χ4v) is 2.36. The lowest BCUT2D eigenvalue weighted by Crippen LogP contribution is -2.18. The highest BCUT2D eigenvalue weighted by Gasteiger charge is 2.20. The number of nitrogens with two attached hydrogens (primary N) is 1. The Labute approximate surface area is 94.1 Å². The van der Waals surface area contributed by atoms with Crippen molar-refractivity contribution in [3.05, 3.63) is 42.1 Å². The van der Waals surface area contributed by atoms with Gasteiger partial charge in [0.15, 0.2) is 5.82 Å². The van der Waals surface area contributed by atoms with Gasteiger partial charge in [0.25, 0.3) is 0 Å². The van der Waals surface area contributed by atoms with Gasteiger partial charge >= 0.3 is 0 Å². The number of hydrogen-bond donors (Lipinski definition) is 1. The van der Waals surface area contributed by atoms with Gasteiger partial charge in [-0.1, -0.05) is 0 Å². The van der Waals surface area contributed by atoms with E-state index in [0.717, 1.165) is 25.1 Å². The summed E-state index contributed by atoms with van der Waals surface area (Å²) in [4.78, 5) is 8.41. The summed E-state index contributed by atoms with van der Waals surface area (Å²) < 4.78 is 2.10. The van der Waals surface area contributed by atoms with Crippen LogP contribution < -0.4 is 5.73 Å². The molecule has 1 aliphatic carbocycles. The summed E-state index contributed by atoms with van der Waals surface area (Å²) in [5.74, 6) is 0.873. The molecule has 0 radical (unpaired) electrons. The third-order valence-corrected chi connectivity index (χ3v) is 3.15. The summed E-state index contributed by atoms with van der Waals surface area (Å²) in [6.07, 6.45) is 10.5. The van der Waals surface area contributed by atoms with Crippen molar-refractivity contribution in [1.29, 1.82) is 0 Å². The lowest BCUT2D eigenvalue weighted by molar-refractivity contribution is 0.559. The molecular formula is C12H14N4. The smallest absolute Gasteiger partial charge is 0.155 e. The second-order valence-electron chi connectivity index (χ2n) is 4.15. The Bertz CT molecular complexity index is 489. The first-order chi connectivity index (χ1) is 7.86. The zero-order chi connectivity index (χ0) is 11.0. The van der Waals surface area contributed by atoms with Crippen molar-refractivity contribution in [2.24, 2.45) is 5.73 Å². The number of fused-ring (bicyclic) bond motifs is 1. The maximum absolute atomic E-state index is 6.09. The second kappa shape index (κ2) is 3.72. The van der Waals surface area contributed by atoms with Crippen LogP contribution in [0.25, 0.3) is 5.82 Å². The van der Waals surface area contributed by atoms with Gasteiger partial charge in [0.2, 0.25) is 0 Å². The first-order valence-electron chi connectivity index (χ1n) is 5.58. The molecule has 0 fully saturated rings.